The van der Waals surface area contributed by atoms with Crippen molar-refractivity contribution in [1.29, 1.82) is 0 Å². The Hall–Kier alpha value is -2.70. The van der Waals surface area contributed by atoms with Crippen LogP contribution in [-0.4, -0.2) is 22.0 Å². The lowest BCUT2D eigenvalue weighted by Crippen LogP contribution is -2.13. The molecule has 0 saturated carbocycles. The van der Waals surface area contributed by atoms with Crippen molar-refractivity contribution in [2.24, 2.45) is 0 Å². The molecule has 28 heavy (non-hydrogen) atoms. The third-order valence-corrected chi connectivity index (χ3v) is 4.36. The number of aliphatic hydroxyl groups is 2. The number of hydrogen-bond acceptors (Lipinski definition) is 4. The summed E-state index contributed by atoms with van der Waals surface area (Å²) in [6.45, 7) is 3.35. The number of hydrogen-bond donors (Lipinski definition) is 4. The Labute approximate surface area is 165 Å². The van der Waals surface area contributed by atoms with Gasteiger partial charge in [0.1, 0.15) is 0 Å². The highest BCUT2D eigenvalue weighted by Crippen LogP contribution is 2.18. The average Bonchev–Trinajstić information content (AvgIpc) is 2.65. The van der Waals surface area contributed by atoms with Gasteiger partial charge in [0.25, 0.3) is 0 Å². The molecule has 4 N–H and O–H groups in total. The summed E-state index contributed by atoms with van der Waals surface area (Å²) >= 11 is 0. The first-order valence-electron chi connectivity index (χ1n) is 9.51. The standard InChI is InChI=1S/C22H28N2O4/c1-15(25)17-7-5-9-19(13-17)23-21(27)11-3-4-12-22(28)24-20-10-6-8-18(14-20)16(2)26/h5-10,13-16,25-26H,3-4,11-12H2,1-2H3,(H,23,27)(H,24,28). The fourth-order valence-corrected chi connectivity index (χ4v) is 2.77. The van der Waals surface area contributed by atoms with Crippen LogP contribution in [-0.2, 0) is 9.59 Å². The van der Waals surface area contributed by atoms with E-state index in [9.17, 15) is 19.8 Å². The molecule has 0 aliphatic rings. The molecule has 0 radical (unpaired) electrons. The van der Waals surface area contributed by atoms with E-state index in [-0.39, 0.29) is 11.8 Å². The van der Waals surface area contributed by atoms with E-state index in [2.05, 4.69) is 10.6 Å². The second kappa shape index (κ2) is 10.6. The minimum absolute atomic E-state index is 0.118. The van der Waals surface area contributed by atoms with Crippen LogP contribution in [0.1, 0.15) is 62.9 Å². The summed E-state index contributed by atoms with van der Waals surface area (Å²) in [4.78, 5) is 24.1. The first-order chi connectivity index (χ1) is 13.3. The molecule has 0 bridgehead atoms. The number of nitrogens with one attached hydrogen (secondary N) is 2. The Kier molecular flexibility index (Phi) is 8.17. The SMILES string of the molecule is CC(O)c1cccc(NC(=O)CCCCC(=O)Nc2cccc(C(C)O)c2)c1. The first-order valence-corrected chi connectivity index (χ1v) is 9.51. The van der Waals surface area contributed by atoms with Gasteiger partial charge in [-0.25, -0.2) is 0 Å². The predicted molar refractivity (Wildman–Crippen MR) is 110 cm³/mol. The Morgan fingerprint density at radius 3 is 1.54 bits per heavy atom. The molecule has 6 heteroatoms. The second-order valence-corrected chi connectivity index (χ2v) is 6.91. The van der Waals surface area contributed by atoms with Crippen LogP contribution in [0.25, 0.3) is 0 Å². The maximum absolute atomic E-state index is 12.0. The van der Waals surface area contributed by atoms with E-state index in [1.54, 1.807) is 62.4 Å². The maximum atomic E-state index is 12.0. The maximum Gasteiger partial charge on any atom is 0.224 e. The zero-order valence-electron chi connectivity index (χ0n) is 16.3. The normalized spacial score (nSPS) is 12.9. The molecule has 2 rings (SSSR count). The molecule has 0 aliphatic carbocycles. The lowest BCUT2D eigenvalue weighted by molar-refractivity contribution is -0.118. The van der Waals surface area contributed by atoms with Gasteiger partial charge in [0.2, 0.25) is 11.8 Å². The number of unbranched alkanes of at least 4 members (excludes halogenated alkanes) is 1. The summed E-state index contributed by atoms with van der Waals surface area (Å²) in [7, 11) is 0. The summed E-state index contributed by atoms with van der Waals surface area (Å²) in [5, 5.41) is 24.8. The smallest absolute Gasteiger partial charge is 0.224 e. The first kappa shape index (κ1) is 21.6. The van der Waals surface area contributed by atoms with Crippen molar-refractivity contribution in [2.45, 2.75) is 51.7 Å². The van der Waals surface area contributed by atoms with Gasteiger partial charge in [0.15, 0.2) is 0 Å². The van der Waals surface area contributed by atoms with Crippen molar-refractivity contribution in [2.75, 3.05) is 10.6 Å². The third kappa shape index (κ3) is 7.13. The minimum atomic E-state index is -0.586. The fourth-order valence-electron chi connectivity index (χ4n) is 2.77. The summed E-state index contributed by atoms with van der Waals surface area (Å²) in [5.41, 5.74) is 2.79. The molecular formula is C22H28N2O4. The molecule has 0 spiro atoms. The van der Waals surface area contributed by atoms with Crippen LogP contribution >= 0.6 is 0 Å². The van der Waals surface area contributed by atoms with Crippen LogP contribution in [0.4, 0.5) is 11.4 Å². The summed E-state index contributed by atoms with van der Waals surface area (Å²) in [6, 6.07) is 14.2. The summed E-state index contributed by atoms with van der Waals surface area (Å²) in [6.07, 6.45) is 0.674. The molecule has 2 atom stereocenters. The molecule has 2 aromatic rings. The van der Waals surface area contributed by atoms with Gasteiger partial charge in [-0.15, -0.1) is 0 Å². The lowest BCUT2D eigenvalue weighted by atomic mass is 10.1. The Balaban J connectivity index is 1.70. The molecule has 0 saturated heterocycles. The van der Waals surface area contributed by atoms with Crippen LogP contribution in [0.3, 0.4) is 0 Å². The van der Waals surface area contributed by atoms with E-state index >= 15 is 0 Å². The number of carbonyl (C=O) groups excluding carboxylic acids is 2. The lowest BCUT2D eigenvalue weighted by Gasteiger charge is -2.10. The van der Waals surface area contributed by atoms with Crippen molar-refractivity contribution in [3.63, 3.8) is 0 Å². The molecule has 0 heterocycles. The van der Waals surface area contributed by atoms with E-state index in [4.69, 9.17) is 0 Å². The minimum Gasteiger partial charge on any atom is -0.389 e. The zero-order valence-corrected chi connectivity index (χ0v) is 16.3. The van der Waals surface area contributed by atoms with Crippen LogP contribution in [0, 0.1) is 0 Å². The van der Waals surface area contributed by atoms with E-state index in [0.29, 0.717) is 37.1 Å². The molecule has 2 amide bonds. The number of amides is 2. The van der Waals surface area contributed by atoms with Gasteiger partial charge >= 0.3 is 0 Å². The molecule has 150 valence electrons. The zero-order chi connectivity index (χ0) is 20.5. The van der Waals surface area contributed by atoms with E-state index in [1.807, 2.05) is 0 Å². The summed E-state index contributed by atoms with van der Waals surface area (Å²) in [5.74, 6) is -0.236. The van der Waals surface area contributed by atoms with Crippen molar-refractivity contribution in [1.82, 2.24) is 0 Å². The molecular weight excluding hydrogens is 356 g/mol. The van der Waals surface area contributed by atoms with Crippen molar-refractivity contribution < 1.29 is 19.8 Å². The molecule has 0 fully saturated rings. The van der Waals surface area contributed by atoms with Gasteiger partial charge < -0.3 is 20.8 Å². The quantitative estimate of drug-likeness (QED) is 0.492. The second-order valence-electron chi connectivity index (χ2n) is 6.91. The van der Waals surface area contributed by atoms with E-state index in [0.717, 1.165) is 11.1 Å². The van der Waals surface area contributed by atoms with Crippen LogP contribution in [0.5, 0.6) is 0 Å². The summed E-state index contributed by atoms with van der Waals surface area (Å²) < 4.78 is 0. The van der Waals surface area contributed by atoms with Crippen LogP contribution < -0.4 is 10.6 Å². The number of carbonyl (C=O) groups is 2. The highest BCUT2D eigenvalue weighted by molar-refractivity contribution is 5.91. The Morgan fingerprint density at radius 2 is 1.18 bits per heavy atom. The monoisotopic (exact) mass is 384 g/mol. The predicted octanol–water partition coefficient (Wildman–Crippen LogP) is 3.93. The molecule has 6 nitrogen and oxygen atoms in total. The topological polar surface area (TPSA) is 98.7 Å². The van der Waals surface area contributed by atoms with Crippen molar-refractivity contribution >= 4 is 23.2 Å². The van der Waals surface area contributed by atoms with Crippen LogP contribution in [0.15, 0.2) is 48.5 Å². The Bertz CT molecular complexity index is 735. The average molecular weight is 384 g/mol. The molecule has 2 unspecified atom stereocenters. The number of benzene rings is 2. The molecule has 2 aromatic carbocycles. The van der Waals surface area contributed by atoms with E-state index in [1.165, 1.54) is 0 Å². The Morgan fingerprint density at radius 1 is 0.786 bits per heavy atom. The fraction of sp³-hybridized carbons (Fsp3) is 0.364. The van der Waals surface area contributed by atoms with E-state index < -0.39 is 12.2 Å². The van der Waals surface area contributed by atoms with Gasteiger partial charge in [-0.2, -0.15) is 0 Å². The number of anilines is 2. The number of aliphatic hydroxyl groups excluding tert-OH is 2. The molecule has 0 aliphatic heterocycles. The van der Waals surface area contributed by atoms with Gasteiger partial charge in [0, 0.05) is 24.2 Å². The molecule has 0 aromatic heterocycles. The van der Waals surface area contributed by atoms with Gasteiger partial charge in [0.05, 0.1) is 12.2 Å². The van der Waals surface area contributed by atoms with Crippen molar-refractivity contribution in [3.8, 4) is 0 Å². The number of rotatable bonds is 9. The highest BCUT2D eigenvalue weighted by Gasteiger charge is 2.08. The van der Waals surface area contributed by atoms with Crippen LogP contribution in [0.2, 0.25) is 0 Å². The van der Waals surface area contributed by atoms with Crippen molar-refractivity contribution in [3.05, 3.63) is 59.7 Å². The van der Waals surface area contributed by atoms with Gasteiger partial charge in [-0.3, -0.25) is 9.59 Å². The highest BCUT2D eigenvalue weighted by atomic mass is 16.3. The van der Waals surface area contributed by atoms with Gasteiger partial charge in [-0.1, -0.05) is 24.3 Å². The third-order valence-electron chi connectivity index (χ3n) is 4.36. The largest absolute Gasteiger partial charge is 0.389 e. The van der Waals surface area contributed by atoms with Gasteiger partial charge in [-0.05, 0) is 62.1 Å².